The van der Waals surface area contributed by atoms with Gasteiger partial charge >= 0.3 is 11.9 Å². The van der Waals surface area contributed by atoms with E-state index in [4.69, 9.17) is 26.8 Å². The highest BCUT2D eigenvalue weighted by molar-refractivity contribution is 6.30. The molecule has 122 valence electrons. The third kappa shape index (κ3) is 3.45. The first-order valence-corrected chi connectivity index (χ1v) is 7.36. The van der Waals surface area contributed by atoms with Crippen molar-refractivity contribution in [3.8, 4) is 5.69 Å². The lowest BCUT2D eigenvalue weighted by atomic mass is 10.2. The molecule has 1 heterocycles. The molecule has 0 unspecified atom stereocenters. The largest absolute Gasteiger partial charge is 0.462 e. The highest BCUT2D eigenvalue weighted by atomic mass is 35.5. The summed E-state index contributed by atoms with van der Waals surface area (Å²) in [4.78, 5) is 24.2. The van der Waals surface area contributed by atoms with E-state index in [0.29, 0.717) is 10.7 Å². The summed E-state index contributed by atoms with van der Waals surface area (Å²) in [5.74, 6) is -1.50. The SMILES string of the molecule is CCOC(=O)c1nn(-c2cccc(Cl)c2)c(N)c1C(=O)OCC. The average Bonchev–Trinajstić information content (AvgIpc) is 2.85. The standard InChI is InChI=1S/C15H16ClN3O4/c1-3-22-14(20)11-12(15(21)23-4-2)18-19(13(11)17)10-7-5-6-9(16)8-10/h5-8H,3-4,17H2,1-2H3. The fourth-order valence-corrected chi connectivity index (χ4v) is 2.17. The van der Waals surface area contributed by atoms with Gasteiger partial charge < -0.3 is 15.2 Å². The van der Waals surface area contributed by atoms with Gasteiger partial charge in [-0.15, -0.1) is 0 Å². The number of ether oxygens (including phenoxy) is 2. The van der Waals surface area contributed by atoms with E-state index in [2.05, 4.69) is 5.10 Å². The summed E-state index contributed by atoms with van der Waals surface area (Å²) in [6.07, 6.45) is 0. The van der Waals surface area contributed by atoms with Crippen molar-refractivity contribution in [2.45, 2.75) is 13.8 Å². The molecule has 0 saturated carbocycles. The van der Waals surface area contributed by atoms with Gasteiger partial charge in [0.05, 0.1) is 18.9 Å². The van der Waals surface area contributed by atoms with Crippen LogP contribution in [0.2, 0.25) is 5.02 Å². The summed E-state index contributed by atoms with van der Waals surface area (Å²) in [6.45, 7) is 3.59. The van der Waals surface area contributed by atoms with Gasteiger partial charge in [0.1, 0.15) is 11.4 Å². The van der Waals surface area contributed by atoms with Crippen LogP contribution in [0.15, 0.2) is 24.3 Å². The lowest BCUT2D eigenvalue weighted by Gasteiger charge is -2.05. The average molecular weight is 338 g/mol. The molecule has 0 aliphatic rings. The Morgan fingerprint density at radius 1 is 1.22 bits per heavy atom. The van der Waals surface area contributed by atoms with Crippen molar-refractivity contribution in [3.05, 3.63) is 40.5 Å². The molecule has 0 amide bonds. The molecule has 1 aromatic heterocycles. The van der Waals surface area contributed by atoms with Crippen molar-refractivity contribution in [1.29, 1.82) is 0 Å². The molecule has 8 heteroatoms. The number of hydrogen-bond acceptors (Lipinski definition) is 6. The quantitative estimate of drug-likeness (QED) is 0.842. The lowest BCUT2D eigenvalue weighted by Crippen LogP contribution is -2.14. The number of aromatic nitrogens is 2. The lowest BCUT2D eigenvalue weighted by molar-refractivity contribution is 0.0476. The minimum absolute atomic E-state index is 0.0197. The molecule has 0 spiro atoms. The summed E-state index contributed by atoms with van der Waals surface area (Å²) in [7, 11) is 0. The van der Waals surface area contributed by atoms with Crippen molar-refractivity contribution in [3.63, 3.8) is 0 Å². The van der Waals surface area contributed by atoms with Crippen molar-refractivity contribution >= 4 is 29.4 Å². The molecular formula is C15H16ClN3O4. The van der Waals surface area contributed by atoms with Crippen molar-refractivity contribution < 1.29 is 19.1 Å². The minimum atomic E-state index is -0.747. The van der Waals surface area contributed by atoms with E-state index >= 15 is 0 Å². The second kappa shape index (κ2) is 7.15. The second-order valence-corrected chi connectivity index (χ2v) is 4.88. The van der Waals surface area contributed by atoms with E-state index in [9.17, 15) is 9.59 Å². The number of carbonyl (C=O) groups excluding carboxylic acids is 2. The third-order valence-corrected chi connectivity index (χ3v) is 3.16. The zero-order chi connectivity index (χ0) is 17.0. The summed E-state index contributed by atoms with van der Waals surface area (Å²) < 4.78 is 11.1. The molecule has 0 fully saturated rings. The number of rotatable bonds is 5. The normalized spacial score (nSPS) is 10.4. The van der Waals surface area contributed by atoms with Crippen LogP contribution in [0, 0.1) is 0 Å². The zero-order valence-electron chi connectivity index (χ0n) is 12.7. The highest BCUT2D eigenvalue weighted by Gasteiger charge is 2.29. The molecule has 0 aliphatic heterocycles. The fraction of sp³-hybridized carbons (Fsp3) is 0.267. The molecule has 1 aromatic carbocycles. The fourth-order valence-electron chi connectivity index (χ4n) is 1.98. The molecule has 0 atom stereocenters. The first kappa shape index (κ1) is 16.8. The topological polar surface area (TPSA) is 96.4 Å². The number of hydrogen-bond donors (Lipinski definition) is 1. The molecule has 2 aromatic rings. The predicted molar refractivity (Wildman–Crippen MR) is 84.9 cm³/mol. The molecular weight excluding hydrogens is 322 g/mol. The summed E-state index contributed by atoms with van der Waals surface area (Å²) in [5.41, 5.74) is 6.20. The van der Waals surface area contributed by atoms with Gasteiger partial charge in [0, 0.05) is 5.02 Å². The number of nitrogens with zero attached hydrogens (tertiary/aromatic N) is 2. The van der Waals surface area contributed by atoms with Gasteiger partial charge in [0.15, 0.2) is 5.69 Å². The zero-order valence-corrected chi connectivity index (χ0v) is 13.5. The Morgan fingerprint density at radius 2 is 1.87 bits per heavy atom. The molecule has 23 heavy (non-hydrogen) atoms. The number of esters is 2. The van der Waals surface area contributed by atoms with Crippen LogP contribution in [-0.4, -0.2) is 34.9 Å². The molecule has 0 saturated heterocycles. The van der Waals surface area contributed by atoms with Gasteiger partial charge in [-0.2, -0.15) is 5.10 Å². The molecule has 2 rings (SSSR count). The first-order valence-electron chi connectivity index (χ1n) is 6.98. The maximum absolute atomic E-state index is 12.1. The van der Waals surface area contributed by atoms with E-state index in [1.54, 1.807) is 38.1 Å². The monoisotopic (exact) mass is 337 g/mol. The van der Waals surface area contributed by atoms with Crippen LogP contribution in [0.25, 0.3) is 5.69 Å². The molecule has 0 radical (unpaired) electrons. The van der Waals surface area contributed by atoms with Crippen LogP contribution in [0.1, 0.15) is 34.7 Å². The van der Waals surface area contributed by atoms with Crippen molar-refractivity contribution in [1.82, 2.24) is 9.78 Å². The number of benzene rings is 1. The van der Waals surface area contributed by atoms with Crippen LogP contribution < -0.4 is 5.73 Å². The van der Waals surface area contributed by atoms with Crippen LogP contribution in [0.5, 0.6) is 0 Å². The summed E-state index contributed by atoms with van der Waals surface area (Å²) in [6, 6.07) is 6.68. The van der Waals surface area contributed by atoms with E-state index in [1.807, 2.05) is 0 Å². The van der Waals surface area contributed by atoms with Gasteiger partial charge in [-0.1, -0.05) is 17.7 Å². The second-order valence-electron chi connectivity index (χ2n) is 4.44. The molecule has 7 nitrogen and oxygen atoms in total. The van der Waals surface area contributed by atoms with Crippen LogP contribution in [0.3, 0.4) is 0 Å². The smallest absolute Gasteiger partial charge is 0.359 e. The Kier molecular flexibility index (Phi) is 5.23. The Hall–Kier alpha value is -2.54. The Morgan fingerprint density at radius 3 is 2.48 bits per heavy atom. The van der Waals surface area contributed by atoms with E-state index in [0.717, 1.165) is 0 Å². The van der Waals surface area contributed by atoms with Gasteiger partial charge in [0.25, 0.3) is 0 Å². The summed E-state index contributed by atoms with van der Waals surface area (Å²) in [5, 5.41) is 4.57. The summed E-state index contributed by atoms with van der Waals surface area (Å²) >= 11 is 5.95. The van der Waals surface area contributed by atoms with E-state index < -0.39 is 11.9 Å². The number of halogens is 1. The maximum atomic E-state index is 12.1. The number of nitrogens with two attached hydrogens (primary N) is 1. The van der Waals surface area contributed by atoms with Gasteiger partial charge in [-0.3, -0.25) is 0 Å². The van der Waals surface area contributed by atoms with Crippen molar-refractivity contribution in [2.75, 3.05) is 18.9 Å². The number of anilines is 1. The van der Waals surface area contributed by atoms with E-state index in [-0.39, 0.29) is 30.3 Å². The molecule has 0 aliphatic carbocycles. The van der Waals surface area contributed by atoms with Crippen LogP contribution in [0.4, 0.5) is 5.82 Å². The third-order valence-electron chi connectivity index (χ3n) is 2.92. The van der Waals surface area contributed by atoms with Gasteiger partial charge in [-0.05, 0) is 32.0 Å². The Bertz CT molecular complexity index is 742. The van der Waals surface area contributed by atoms with Gasteiger partial charge in [-0.25, -0.2) is 14.3 Å². The van der Waals surface area contributed by atoms with Gasteiger partial charge in [0.2, 0.25) is 0 Å². The molecule has 2 N–H and O–H groups in total. The minimum Gasteiger partial charge on any atom is -0.462 e. The Labute approximate surface area is 137 Å². The number of carbonyl (C=O) groups is 2. The van der Waals surface area contributed by atoms with Crippen LogP contribution >= 0.6 is 11.6 Å². The predicted octanol–water partition coefficient (Wildman–Crippen LogP) is 2.46. The van der Waals surface area contributed by atoms with Crippen LogP contribution in [-0.2, 0) is 9.47 Å². The maximum Gasteiger partial charge on any atom is 0.359 e. The first-order chi connectivity index (χ1) is 11.0. The number of nitrogen functional groups attached to an aromatic ring is 1. The highest BCUT2D eigenvalue weighted by Crippen LogP contribution is 2.24. The van der Waals surface area contributed by atoms with Crippen molar-refractivity contribution in [2.24, 2.45) is 0 Å². The van der Waals surface area contributed by atoms with E-state index in [1.165, 1.54) is 4.68 Å². The Balaban J connectivity index is 2.59. The molecule has 0 bridgehead atoms.